The van der Waals surface area contributed by atoms with Crippen molar-refractivity contribution in [3.63, 3.8) is 0 Å². The molecule has 1 aliphatic heterocycles. The Kier molecular flexibility index (Phi) is 8.65. The largest absolute Gasteiger partial charge is 0.490 e. The van der Waals surface area contributed by atoms with Gasteiger partial charge in [-0.15, -0.1) is 0 Å². The summed E-state index contributed by atoms with van der Waals surface area (Å²) in [5.74, 6) is -0.381. The number of hydrogen-bond acceptors (Lipinski definition) is 5. The molecule has 4 amide bonds. The van der Waals surface area contributed by atoms with Gasteiger partial charge >= 0.3 is 6.03 Å². The number of amides is 4. The van der Waals surface area contributed by atoms with Gasteiger partial charge in [-0.05, 0) is 77.4 Å². The molecular formula is C28H24BrIN2O5. The predicted molar refractivity (Wildman–Crippen MR) is 154 cm³/mol. The number of aryl methyl sites for hydroxylation is 1. The molecule has 0 radical (unpaired) electrons. The molecule has 3 aromatic carbocycles. The molecule has 9 heteroatoms. The minimum Gasteiger partial charge on any atom is -0.490 e. The van der Waals surface area contributed by atoms with Gasteiger partial charge in [-0.25, -0.2) is 9.69 Å². The Hall–Kier alpha value is -3.18. The molecule has 0 unspecified atom stereocenters. The predicted octanol–water partition coefficient (Wildman–Crippen LogP) is 6.26. The third-order valence-corrected chi connectivity index (χ3v) is 7.26. The van der Waals surface area contributed by atoms with Crippen LogP contribution in [0.15, 0.2) is 70.7 Å². The summed E-state index contributed by atoms with van der Waals surface area (Å²) in [4.78, 5) is 39.7. The summed E-state index contributed by atoms with van der Waals surface area (Å²) in [6.45, 7) is 4.52. The molecule has 3 aromatic rings. The highest BCUT2D eigenvalue weighted by Crippen LogP contribution is 2.36. The Bertz CT molecular complexity index is 1410. The van der Waals surface area contributed by atoms with Crippen LogP contribution in [0, 0.1) is 3.57 Å². The third kappa shape index (κ3) is 5.88. The first kappa shape index (κ1) is 26.9. The van der Waals surface area contributed by atoms with Crippen LogP contribution in [0.2, 0.25) is 0 Å². The minimum atomic E-state index is -0.770. The number of benzene rings is 3. The molecule has 1 N–H and O–H groups in total. The van der Waals surface area contributed by atoms with Crippen LogP contribution >= 0.6 is 38.5 Å². The Labute approximate surface area is 237 Å². The second-order valence-corrected chi connectivity index (χ2v) is 10.1. The van der Waals surface area contributed by atoms with Crippen molar-refractivity contribution in [1.29, 1.82) is 0 Å². The van der Waals surface area contributed by atoms with E-state index in [0.717, 1.165) is 24.1 Å². The molecule has 0 aliphatic carbocycles. The number of hydrogen-bond donors (Lipinski definition) is 1. The number of urea groups is 1. The highest BCUT2D eigenvalue weighted by atomic mass is 127. The van der Waals surface area contributed by atoms with E-state index in [1.54, 1.807) is 24.3 Å². The van der Waals surface area contributed by atoms with Gasteiger partial charge in [-0.1, -0.05) is 59.3 Å². The fourth-order valence-corrected chi connectivity index (χ4v) is 5.09. The molecule has 7 nitrogen and oxygen atoms in total. The van der Waals surface area contributed by atoms with E-state index >= 15 is 0 Å². The molecule has 0 spiro atoms. The summed E-state index contributed by atoms with van der Waals surface area (Å²) in [6.07, 6.45) is 2.09. The van der Waals surface area contributed by atoms with Crippen molar-refractivity contribution in [2.75, 3.05) is 11.5 Å². The first-order valence-corrected chi connectivity index (χ1v) is 13.5. The average Bonchev–Trinajstić information content (AvgIpc) is 2.87. The number of para-hydroxylation sites is 1. The fourth-order valence-electron chi connectivity index (χ4n) is 3.91. The van der Waals surface area contributed by atoms with Crippen LogP contribution in [0.25, 0.3) is 6.08 Å². The summed E-state index contributed by atoms with van der Waals surface area (Å²) in [7, 11) is 0. The van der Waals surface area contributed by atoms with Crippen molar-refractivity contribution < 1.29 is 23.9 Å². The van der Waals surface area contributed by atoms with E-state index in [4.69, 9.17) is 9.47 Å². The van der Waals surface area contributed by atoms with Crippen molar-refractivity contribution in [2.24, 2.45) is 0 Å². The number of anilines is 1. The Morgan fingerprint density at radius 1 is 0.973 bits per heavy atom. The summed E-state index contributed by atoms with van der Waals surface area (Å²) in [5.41, 5.74) is 2.67. The van der Waals surface area contributed by atoms with Crippen molar-refractivity contribution in [1.82, 2.24) is 5.32 Å². The maximum absolute atomic E-state index is 13.4. The lowest BCUT2D eigenvalue weighted by atomic mass is 10.0. The first-order chi connectivity index (χ1) is 17.8. The number of nitrogens with zero attached hydrogens (tertiary/aromatic N) is 1. The van der Waals surface area contributed by atoms with E-state index in [1.807, 2.05) is 50.2 Å². The summed E-state index contributed by atoms with van der Waals surface area (Å²) in [6, 6.07) is 17.7. The molecule has 0 atom stereocenters. The first-order valence-electron chi connectivity index (χ1n) is 11.7. The molecule has 1 saturated heterocycles. The number of imide groups is 2. The van der Waals surface area contributed by atoms with Crippen molar-refractivity contribution in [2.45, 2.75) is 26.9 Å². The Morgan fingerprint density at radius 2 is 1.68 bits per heavy atom. The van der Waals surface area contributed by atoms with Crippen LogP contribution in [-0.4, -0.2) is 24.5 Å². The number of nitrogens with one attached hydrogen (secondary N) is 1. The molecule has 190 valence electrons. The van der Waals surface area contributed by atoms with Crippen LogP contribution in [0.5, 0.6) is 11.5 Å². The van der Waals surface area contributed by atoms with Gasteiger partial charge < -0.3 is 9.47 Å². The molecule has 4 rings (SSSR count). The van der Waals surface area contributed by atoms with Gasteiger partial charge in [0.2, 0.25) is 0 Å². The standard InChI is InChI=1S/C28H24BrIN2O5/c1-3-18-9-6-8-12-23(18)32-27(34)20(26(33)31-28(32)35)13-17-14-22(30)25(24(15-17)36-4-2)37-16-19-10-5-7-11-21(19)29/h5-15H,3-4,16H2,1-2H3,(H,31,33,35)/b20-13-. The molecule has 1 fully saturated rings. The van der Waals surface area contributed by atoms with E-state index in [2.05, 4.69) is 43.8 Å². The Balaban J connectivity index is 1.68. The highest BCUT2D eigenvalue weighted by Gasteiger charge is 2.37. The zero-order valence-electron chi connectivity index (χ0n) is 20.2. The number of ether oxygens (including phenoxy) is 2. The zero-order chi connectivity index (χ0) is 26.5. The average molecular weight is 675 g/mol. The number of carbonyl (C=O) groups excluding carboxylic acids is 3. The molecule has 0 saturated carbocycles. The Morgan fingerprint density at radius 3 is 2.38 bits per heavy atom. The lowest BCUT2D eigenvalue weighted by Crippen LogP contribution is -2.54. The van der Waals surface area contributed by atoms with Gasteiger partial charge in [0, 0.05) is 10.0 Å². The summed E-state index contributed by atoms with van der Waals surface area (Å²) >= 11 is 5.67. The molecular weight excluding hydrogens is 651 g/mol. The summed E-state index contributed by atoms with van der Waals surface area (Å²) < 4.78 is 13.6. The molecule has 1 aliphatic rings. The van der Waals surface area contributed by atoms with Gasteiger partial charge in [-0.2, -0.15) is 0 Å². The monoisotopic (exact) mass is 674 g/mol. The van der Waals surface area contributed by atoms with Crippen LogP contribution in [0.3, 0.4) is 0 Å². The van der Waals surface area contributed by atoms with Crippen molar-refractivity contribution in [3.8, 4) is 11.5 Å². The van der Waals surface area contributed by atoms with Crippen LogP contribution in [-0.2, 0) is 22.6 Å². The van der Waals surface area contributed by atoms with Gasteiger partial charge in [0.15, 0.2) is 11.5 Å². The lowest BCUT2D eigenvalue weighted by molar-refractivity contribution is -0.122. The minimum absolute atomic E-state index is 0.148. The van der Waals surface area contributed by atoms with Gasteiger partial charge in [0.05, 0.1) is 15.9 Å². The third-order valence-electron chi connectivity index (χ3n) is 5.69. The van der Waals surface area contributed by atoms with Crippen LogP contribution in [0.1, 0.15) is 30.5 Å². The van der Waals surface area contributed by atoms with Crippen LogP contribution < -0.4 is 19.7 Å². The van der Waals surface area contributed by atoms with Crippen molar-refractivity contribution in [3.05, 3.63) is 91.0 Å². The van der Waals surface area contributed by atoms with Crippen LogP contribution in [0.4, 0.5) is 10.5 Å². The summed E-state index contributed by atoms with van der Waals surface area (Å²) in [5, 5.41) is 2.29. The van der Waals surface area contributed by atoms with Gasteiger partial charge in [-0.3, -0.25) is 14.9 Å². The van der Waals surface area contributed by atoms with Gasteiger partial charge in [0.25, 0.3) is 11.8 Å². The fraction of sp³-hybridized carbons (Fsp3) is 0.179. The second kappa shape index (κ2) is 11.9. The molecule has 0 bridgehead atoms. The quantitative estimate of drug-likeness (QED) is 0.173. The van der Waals surface area contributed by atoms with E-state index in [0.29, 0.717) is 42.4 Å². The highest BCUT2D eigenvalue weighted by molar-refractivity contribution is 14.1. The smallest absolute Gasteiger partial charge is 0.335 e. The maximum Gasteiger partial charge on any atom is 0.335 e. The number of rotatable bonds is 8. The topological polar surface area (TPSA) is 84.9 Å². The SMILES string of the molecule is CCOc1cc(/C=C2/C(=O)NC(=O)N(c3ccccc3CC)C2=O)cc(I)c1OCc1ccccc1Br. The van der Waals surface area contributed by atoms with Gasteiger partial charge in [0.1, 0.15) is 12.2 Å². The van der Waals surface area contributed by atoms with Crippen molar-refractivity contribution >= 4 is 68.1 Å². The number of halogens is 2. The lowest BCUT2D eigenvalue weighted by Gasteiger charge is -2.28. The van der Waals surface area contributed by atoms with E-state index in [9.17, 15) is 14.4 Å². The number of carbonyl (C=O) groups is 3. The van der Waals surface area contributed by atoms with E-state index in [-0.39, 0.29) is 5.57 Å². The van der Waals surface area contributed by atoms with E-state index in [1.165, 1.54) is 6.08 Å². The molecule has 37 heavy (non-hydrogen) atoms. The molecule has 0 aromatic heterocycles. The normalized spacial score (nSPS) is 14.6. The van der Waals surface area contributed by atoms with E-state index < -0.39 is 17.8 Å². The number of barbiturate groups is 1. The maximum atomic E-state index is 13.4. The molecule has 1 heterocycles. The second-order valence-electron chi connectivity index (χ2n) is 8.08. The zero-order valence-corrected chi connectivity index (χ0v) is 24.0.